The van der Waals surface area contributed by atoms with Gasteiger partial charge in [-0.15, -0.1) is 12.4 Å². The summed E-state index contributed by atoms with van der Waals surface area (Å²) in [5.74, 6) is 0.894. The van der Waals surface area contributed by atoms with E-state index in [4.69, 9.17) is 11.6 Å². The lowest BCUT2D eigenvalue weighted by molar-refractivity contribution is -0.132. The van der Waals surface area contributed by atoms with Crippen LogP contribution in [0.5, 0.6) is 0 Å². The number of rotatable bonds is 3. The van der Waals surface area contributed by atoms with Gasteiger partial charge in [0.2, 0.25) is 5.91 Å². The molecule has 0 aromatic heterocycles. The fourth-order valence-corrected chi connectivity index (χ4v) is 3.93. The van der Waals surface area contributed by atoms with E-state index in [0.717, 1.165) is 17.0 Å². The second kappa shape index (κ2) is 7.67. The maximum absolute atomic E-state index is 12.6. The van der Waals surface area contributed by atoms with Gasteiger partial charge in [-0.2, -0.15) is 0 Å². The Labute approximate surface area is 143 Å². The molecule has 1 heterocycles. The van der Waals surface area contributed by atoms with E-state index in [1.54, 1.807) is 4.90 Å². The summed E-state index contributed by atoms with van der Waals surface area (Å²) in [5.41, 5.74) is 1.01. The van der Waals surface area contributed by atoms with Crippen LogP contribution in [-0.2, 0) is 11.3 Å². The zero-order chi connectivity index (χ0) is 14.8. The number of carbonyl (C=O) groups excluding carboxylic acids is 1. The van der Waals surface area contributed by atoms with Crippen LogP contribution in [0.15, 0.2) is 24.3 Å². The third kappa shape index (κ3) is 3.76. The molecule has 2 aliphatic rings. The molecule has 122 valence electrons. The molecule has 0 spiro atoms. The number of amides is 1. The third-order valence-corrected chi connectivity index (χ3v) is 5.27. The summed E-state index contributed by atoms with van der Waals surface area (Å²) in [6.07, 6.45) is 6.11. The summed E-state index contributed by atoms with van der Waals surface area (Å²) in [4.78, 5) is 14.4. The van der Waals surface area contributed by atoms with E-state index in [1.807, 2.05) is 31.3 Å². The number of nitrogens with zero attached hydrogens (tertiary/aromatic N) is 1. The molecule has 1 aromatic carbocycles. The molecule has 3 nitrogen and oxygen atoms in total. The first kappa shape index (κ1) is 17.6. The van der Waals surface area contributed by atoms with E-state index >= 15 is 0 Å². The molecule has 3 unspecified atom stereocenters. The molecular formula is C17H24Cl2N2O. The van der Waals surface area contributed by atoms with E-state index in [2.05, 4.69) is 5.32 Å². The highest BCUT2D eigenvalue weighted by Crippen LogP contribution is 2.33. The van der Waals surface area contributed by atoms with E-state index in [1.165, 1.54) is 25.7 Å². The lowest BCUT2D eigenvalue weighted by Crippen LogP contribution is -2.43. The molecule has 0 bridgehead atoms. The van der Waals surface area contributed by atoms with Crippen LogP contribution in [0.2, 0.25) is 5.02 Å². The van der Waals surface area contributed by atoms with Gasteiger partial charge in [0.1, 0.15) is 0 Å². The van der Waals surface area contributed by atoms with Gasteiger partial charge >= 0.3 is 0 Å². The van der Waals surface area contributed by atoms with E-state index in [-0.39, 0.29) is 24.4 Å². The largest absolute Gasteiger partial charge is 0.340 e. The van der Waals surface area contributed by atoms with Crippen molar-refractivity contribution in [3.63, 3.8) is 0 Å². The summed E-state index contributed by atoms with van der Waals surface area (Å²) in [7, 11) is 1.87. The molecule has 1 amide bonds. The summed E-state index contributed by atoms with van der Waals surface area (Å²) < 4.78 is 0. The third-order valence-electron chi connectivity index (χ3n) is 4.90. The number of hydrogen-bond acceptors (Lipinski definition) is 2. The fraction of sp³-hybridized carbons (Fsp3) is 0.588. The Hall–Kier alpha value is -0.770. The zero-order valence-electron chi connectivity index (χ0n) is 12.9. The highest BCUT2D eigenvalue weighted by Gasteiger charge is 2.39. The molecule has 1 saturated carbocycles. The van der Waals surface area contributed by atoms with Gasteiger partial charge in [-0.1, -0.05) is 42.6 Å². The predicted molar refractivity (Wildman–Crippen MR) is 92.5 cm³/mol. The zero-order valence-corrected chi connectivity index (χ0v) is 14.5. The standard InChI is InChI=1S/C17H23ClN2O.ClH/c1-20(11-13-7-2-4-8-14(13)18)17(21)16-10-12-6-3-5-9-15(12)19-16;/h2,4,7-8,12,15-16,19H,3,5-6,9-11H2,1H3;1H. The second-order valence-corrected chi connectivity index (χ2v) is 6.80. The van der Waals surface area contributed by atoms with Crippen molar-refractivity contribution in [1.29, 1.82) is 0 Å². The molecule has 1 aliphatic heterocycles. The van der Waals surface area contributed by atoms with Gasteiger partial charge in [-0.25, -0.2) is 0 Å². The van der Waals surface area contributed by atoms with Gasteiger partial charge in [0.15, 0.2) is 0 Å². The van der Waals surface area contributed by atoms with Crippen LogP contribution in [0.25, 0.3) is 0 Å². The molecule has 3 rings (SSSR count). The minimum Gasteiger partial charge on any atom is -0.340 e. The Morgan fingerprint density at radius 3 is 2.77 bits per heavy atom. The Bertz CT molecular complexity index is 509. The summed E-state index contributed by atoms with van der Waals surface area (Å²) in [6.45, 7) is 0.575. The Morgan fingerprint density at radius 1 is 1.32 bits per heavy atom. The van der Waals surface area contributed by atoms with Crippen molar-refractivity contribution >= 4 is 29.9 Å². The van der Waals surface area contributed by atoms with Crippen molar-refractivity contribution in [2.45, 2.75) is 50.7 Å². The molecule has 1 saturated heterocycles. The summed E-state index contributed by atoms with van der Waals surface area (Å²) >= 11 is 6.18. The highest BCUT2D eigenvalue weighted by molar-refractivity contribution is 6.31. The van der Waals surface area contributed by atoms with Crippen molar-refractivity contribution in [3.8, 4) is 0 Å². The normalized spacial score (nSPS) is 26.9. The number of carbonyl (C=O) groups is 1. The van der Waals surface area contributed by atoms with Gasteiger partial charge in [-0.3, -0.25) is 4.79 Å². The van der Waals surface area contributed by atoms with Crippen LogP contribution in [0.1, 0.15) is 37.7 Å². The van der Waals surface area contributed by atoms with Crippen LogP contribution >= 0.6 is 24.0 Å². The quantitative estimate of drug-likeness (QED) is 0.909. The second-order valence-electron chi connectivity index (χ2n) is 6.39. The van der Waals surface area contributed by atoms with Crippen molar-refractivity contribution in [1.82, 2.24) is 10.2 Å². The van der Waals surface area contributed by atoms with Crippen molar-refractivity contribution < 1.29 is 4.79 Å². The van der Waals surface area contributed by atoms with Crippen LogP contribution < -0.4 is 5.32 Å². The minimum atomic E-state index is -0.00872. The van der Waals surface area contributed by atoms with Crippen molar-refractivity contribution in [3.05, 3.63) is 34.9 Å². The Kier molecular flexibility index (Phi) is 6.13. The first-order valence-electron chi connectivity index (χ1n) is 7.89. The van der Waals surface area contributed by atoms with Crippen molar-refractivity contribution in [2.75, 3.05) is 7.05 Å². The first-order valence-corrected chi connectivity index (χ1v) is 8.27. The van der Waals surface area contributed by atoms with Crippen molar-refractivity contribution in [2.24, 2.45) is 5.92 Å². The SMILES string of the molecule is CN(Cc1ccccc1Cl)C(=O)C1CC2CCCCC2N1.Cl. The van der Waals surface area contributed by atoms with Gasteiger partial charge < -0.3 is 10.2 Å². The molecule has 0 radical (unpaired) electrons. The number of benzene rings is 1. The fourth-order valence-electron chi connectivity index (χ4n) is 3.74. The van der Waals surface area contributed by atoms with Gasteiger partial charge in [0, 0.05) is 24.7 Å². The number of hydrogen-bond donors (Lipinski definition) is 1. The smallest absolute Gasteiger partial charge is 0.239 e. The van der Waals surface area contributed by atoms with Crippen LogP contribution in [0.3, 0.4) is 0 Å². The predicted octanol–water partition coefficient (Wildman–Crippen LogP) is 3.64. The van der Waals surface area contributed by atoms with E-state index in [9.17, 15) is 4.79 Å². The Morgan fingerprint density at radius 2 is 2.05 bits per heavy atom. The molecule has 1 aromatic rings. The van der Waals surface area contributed by atoms with Crippen LogP contribution in [0, 0.1) is 5.92 Å². The number of fused-ring (bicyclic) bond motifs is 1. The molecular weight excluding hydrogens is 319 g/mol. The molecule has 1 N–H and O–H groups in total. The molecule has 1 aliphatic carbocycles. The van der Waals surface area contributed by atoms with Gasteiger partial charge in [0.05, 0.1) is 6.04 Å². The van der Waals surface area contributed by atoms with E-state index < -0.39 is 0 Å². The maximum Gasteiger partial charge on any atom is 0.239 e. The maximum atomic E-state index is 12.6. The lowest BCUT2D eigenvalue weighted by atomic mass is 9.85. The molecule has 22 heavy (non-hydrogen) atoms. The molecule has 5 heteroatoms. The molecule has 3 atom stereocenters. The Balaban J connectivity index is 0.00000176. The number of likely N-dealkylation sites (N-methyl/N-ethyl adjacent to an activating group) is 1. The average Bonchev–Trinajstić information content (AvgIpc) is 2.92. The van der Waals surface area contributed by atoms with E-state index in [0.29, 0.717) is 18.5 Å². The van der Waals surface area contributed by atoms with Crippen LogP contribution in [0.4, 0.5) is 0 Å². The number of halogens is 2. The highest BCUT2D eigenvalue weighted by atomic mass is 35.5. The summed E-state index contributed by atoms with van der Waals surface area (Å²) in [5, 5.41) is 4.28. The molecule has 2 fully saturated rings. The minimum absolute atomic E-state index is 0. The van der Waals surface area contributed by atoms with Gasteiger partial charge in [0.25, 0.3) is 0 Å². The summed E-state index contributed by atoms with van der Waals surface area (Å²) in [6, 6.07) is 8.27. The lowest BCUT2D eigenvalue weighted by Gasteiger charge is -2.24. The average molecular weight is 343 g/mol. The number of nitrogens with one attached hydrogen (secondary N) is 1. The topological polar surface area (TPSA) is 32.3 Å². The first-order chi connectivity index (χ1) is 10.1. The van der Waals surface area contributed by atoms with Gasteiger partial charge in [-0.05, 0) is 36.8 Å². The van der Waals surface area contributed by atoms with Crippen LogP contribution in [-0.4, -0.2) is 29.9 Å². The monoisotopic (exact) mass is 342 g/mol.